The molecule has 0 saturated carbocycles. The van der Waals surface area contributed by atoms with Gasteiger partial charge in [-0.05, 0) is 24.6 Å². The van der Waals surface area contributed by atoms with Crippen LogP contribution in [-0.2, 0) is 11.8 Å². The number of benzene rings is 2. The first-order valence-electron chi connectivity index (χ1n) is 8.74. The molecule has 1 atom stereocenters. The molecule has 138 valence electrons. The number of nitrogens with one attached hydrogen (secondary N) is 1. The van der Waals surface area contributed by atoms with Crippen LogP contribution in [0.5, 0.6) is 5.75 Å². The fraction of sp³-hybridized carbons (Fsp3) is 0.182. The Hall–Kier alpha value is -3.34. The van der Waals surface area contributed by atoms with E-state index in [1.165, 1.54) is 0 Å². The molecular weight excluding hydrogens is 338 g/mol. The third-order valence-corrected chi connectivity index (χ3v) is 4.32. The van der Waals surface area contributed by atoms with Crippen LogP contribution < -0.4 is 10.1 Å². The Balaban J connectivity index is 1.88. The van der Waals surface area contributed by atoms with Crippen molar-refractivity contribution in [2.75, 3.05) is 7.11 Å². The van der Waals surface area contributed by atoms with Crippen LogP contribution in [0, 0.1) is 6.92 Å². The van der Waals surface area contributed by atoms with Crippen LogP contribution in [0.25, 0.3) is 6.08 Å². The van der Waals surface area contributed by atoms with Gasteiger partial charge in [-0.25, -0.2) is 4.98 Å². The molecule has 5 nitrogen and oxygen atoms in total. The van der Waals surface area contributed by atoms with Gasteiger partial charge in [0.25, 0.3) is 0 Å². The monoisotopic (exact) mass is 361 g/mol. The highest BCUT2D eigenvalue weighted by atomic mass is 16.5. The smallest absolute Gasteiger partial charge is 0.244 e. The lowest BCUT2D eigenvalue weighted by Gasteiger charge is -2.20. The molecule has 1 heterocycles. The topological polar surface area (TPSA) is 56.1 Å². The molecule has 1 aromatic heterocycles. The van der Waals surface area contributed by atoms with Crippen molar-refractivity contribution in [2.45, 2.75) is 13.0 Å². The van der Waals surface area contributed by atoms with E-state index < -0.39 is 6.04 Å². The maximum atomic E-state index is 12.6. The number of nitrogens with zero attached hydrogens (tertiary/aromatic N) is 2. The lowest BCUT2D eigenvalue weighted by molar-refractivity contribution is -0.117. The van der Waals surface area contributed by atoms with Crippen molar-refractivity contribution in [1.82, 2.24) is 14.9 Å². The van der Waals surface area contributed by atoms with E-state index in [1.807, 2.05) is 73.3 Å². The molecule has 0 saturated heterocycles. The van der Waals surface area contributed by atoms with Crippen molar-refractivity contribution in [1.29, 1.82) is 0 Å². The first-order valence-corrected chi connectivity index (χ1v) is 8.74. The average Bonchev–Trinajstić information content (AvgIpc) is 3.10. The average molecular weight is 361 g/mol. The van der Waals surface area contributed by atoms with Gasteiger partial charge in [-0.1, -0.05) is 48.0 Å². The molecule has 5 heteroatoms. The third kappa shape index (κ3) is 4.44. The minimum Gasteiger partial charge on any atom is -0.496 e. The van der Waals surface area contributed by atoms with E-state index in [-0.39, 0.29) is 5.91 Å². The first kappa shape index (κ1) is 18.5. The Morgan fingerprint density at radius 1 is 1.22 bits per heavy atom. The zero-order valence-electron chi connectivity index (χ0n) is 15.7. The summed E-state index contributed by atoms with van der Waals surface area (Å²) in [6.07, 6.45) is 6.92. The number of rotatable bonds is 6. The zero-order chi connectivity index (χ0) is 19.2. The van der Waals surface area contributed by atoms with Gasteiger partial charge in [0.15, 0.2) is 0 Å². The van der Waals surface area contributed by atoms with Crippen LogP contribution in [0.15, 0.2) is 67.0 Å². The highest BCUT2D eigenvalue weighted by Gasteiger charge is 2.23. The SMILES string of the molecule is COc1ccccc1C(NC(=O)/C=C/c1cccc(C)c1)c1nccn1C. The fourth-order valence-corrected chi connectivity index (χ4v) is 2.98. The second-order valence-electron chi connectivity index (χ2n) is 6.33. The molecule has 0 fully saturated rings. The standard InChI is InChI=1S/C22H23N3O2/c1-16-7-6-8-17(15-16)11-12-20(26)24-21(22-23-13-14-25(22)2)18-9-4-5-10-19(18)27-3/h4-15,21H,1-3H3,(H,24,26)/b12-11+. The molecule has 0 bridgehead atoms. The Bertz CT molecular complexity index is 959. The normalized spacial score (nSPS) is 12.1. The van der Waals surface area contributed by atoms with Crippen molar-refractivity contribution in [3.63, 3.8) is 0 Å². The number of imidazole rings is 1. The number of methoxy groups -OCH3 is 1. The Kier molecular flexibility index (Phi) is 5.71. The Morgan fingerprint density at radius 2 is 2.04 bits per heavy atom. The van der Waals surface area contributed by atoms with Crippen molar-refractivity contribution >= 4 is 12.0 Å². The Morgan fingerprint density at radius 3 is 2.74 bits per heavy atom. The van der Waals surface area contributed by atoms with Gasteiger partial charge in [-0.15, -0.1) is 0 Å². The number of aromatic nitrogens is 2. The van der Waals surface area contributed by atoms with Gasteiger partial charge in [0.2, 0.25) is 5.91 Å². The van der Waals surface area contributed by atoms with Crippen molar-refractivity contribution in [2.24, 2.45) is 7.05 Å². The molecule has 3 rings (SSSR count). The minimum absolute atomic E-state index is 0.199. The van der Waals surface area contributed by atoms with Crippen molar-refractivity contribution < 1.29 is 9.53 Å². The molecule has 0 spiro atoms. The molecule has 27 heavy (non-hydrogen) atoms. The van der Waals surface area contributed by atoms with E-state index in [2.05, 4.69) is 10.3 Å². The Labute approximate surface area is 159 Å². The molecule has 2 aromatic carbocycles. The van der Waals surface area contributed by atoms with Gasteiger partial charge < -0.3 is 14.6 Å². The lowest BCUT2D eigenvalue weighted by atomic mass is 10.0. The summed E-state index contributed by atoms with van der Waals surface area (Å²) in [6, 6.07) is 15.2. The molecule has 0 aliphatic rings. The zero-order valence-corrected chi connectivity index (χ0v) is 15.7. The summed E-state index contributed by atoms with van der Waals surface area (Å²) in [5, 5.41) is 3.05. The summed E-state index contributed by atoms with van der Waals surface area (Å²) in [7, 11) is 3.52. The summed E-state index contributed by atoms with van der Waals surface area (Å²) in [5.74, 6) is 1.24. The van der Waals surface area contributed by atoms with Gasteiger partial charge in [-0.2, -0.15) is 0 Å². The predicted octanol–water partition coefficient (Wildman–Crippen LogP) is 3.66. The molecule has 3 aromatic rings. The van der Waals surface area contributed by atoms with Gasteiger partial charge in [0.05, 0.1) is 7.11 Å². The lowest BCUT2D eigenvalue weighted by Crippen LogP contribution is -2.30. The number of hydrogen-bond donors (Lipinski definition) is 1. The molecular formula is C22H23N3O2. The van der Waals surface area contributed by atoms with Crippen LogP contribution >= 0.6 is 0 Å². The molecule has 1 amide bonds. The highest BCUT2D eigenvalue weighted by Crippen LogP contribution is 2.29. The molecule has 1 N–H and O–H groups in total. The first-order chi connectivity index (χ1) is 13.1. The van der Waals surface area contributed by atoms with E-state index in [0.29, 0.717) is 5.75 Å². The summed E-state index contributed by atoms with van der Waals surface area (Å²) in [4.78, 5) is 17.0. The van der Waals surface area contributed by atoms with E-state index in [0.717, 1.165) is 22.5 Å². The quantitative estimate of drug-likeness (QED) is 0.682. The second-order valence-corrected chi connectivity index (χ2v) is 6.33. The van der Waals surface area contributed by atoms with Crippen LogP contribution in [0.1, 0.15) is 28.6 Å². The van der Waals surface area contributed by atoms with Gasteiger partial charge >= 0.3 is 0 Å². The number of aryl methyl sites for hydroxylation is 2. The minimum atomic E-state index is -0.421. The maximum absolute atomic E-state index is 12.6. The largest absolute Gasteiger partial charge is 0.496 e. The molecule has 1 unspecified atom stereocenters. The van der Waals surface area contributed by atoms with Crippen LogP contribution in [-0.4, -0.2) is 22.6 Å². The van der Waals surface area contributed by atoms with Crippen LogP contribution in [0.4, 0.5) is 0 Å². The summed E-state index contributed by atoms with van der Waals surface area (Å²) < 4.78 is 7.37. The number of hydrogen-bond acceptors (Lipinski definition) is 3. The van der Waals surface area contributed by atoms with Gasteiger partial charge in [0.1, 0.15) is 17.6 Å². The second kappa shape index (κ2) is 8.36. The van der Waals surface area contributed by atoms with E-state index in [1.54, 1.807) is 25.5 Å². The van der Waals surface area contributed by atoms with Crippen LogP contribution in [0.3, 0.4) is 0 Å². The predicted molar refractivity (Wildman–Crippen MR) is 106 cm³/mol. The maximum Gasteiger partial charge on any atom is 0.244 e. The molecule has 0 aliphatic heterocycles. The third-order valence-electron chi connectivity index (χ3n) is 4.32. The van der Waals surface area contributed by atoms with Gasteiger partial charge in [-0.3, -0.25) is 4.79 Å². The van der Waals surface area contributed by atoms with Crippen molar-refractivity contribution in [3.05, 3.63) is 89.5 Å². The summed E-state index contributed by atoms with van der Waals surface area (Å²) >= 11 is 0. The number of para-hydroxylation sites is 1. The summed E-state index contributed by atoms with van der Waals surface area (Å²) in [5.41, 5.74) is 2.99. The fourth-order valence-electron chi connectivity index (χ4n) is 2.98. The number of amides is 1. The number of carbonyl (C=O) groups is 1. The molecule has 0 radical (unpaired) electrons. The highest BCUT2D eigenvalue weighted by molar-refractivity contribution is 5.92. The van der Waals surface area contributed by atoms with E-state index in [9.17, 15) is 4.79 Å². The van der Waals surface area contributed by atoms with E-state index >= 15 is 0 Å². The van der Waals surface area contributed by atoms with E-state index in [4.69, 9.17) is 4.74 Å². The van der Waals surface area contributed by atoms with Crippen LogP contribution in [0.2, 0.25) is 0 Å². The number of carbonyl (C=O) groups excluding carboxylic acids is 1. The number of ether oxygens (including phenoxy) is 1. The van der Waals surface area contributed by atoms with Gasteiger partial charge in [0, 0.05) is 31.1 Å². The molecule has 0 aliphatic carbocycles. The van der Waals surface area contributed by atoms with Crippen molar-refractivity contribution in [3.8, 4) is 5.75 Å². The summed E-state index contributed by atoms with van der Waals surface area (Å²) in [6.45, 7) is 2.02.